The van der Waals surface area contributed by atoms with Gasteiger partial charge in [-0.05, 0) is 26.0 Å². The normalized spacial score (nSPS) is 10.5. The summed E-state index contributed by atoms with van der Waals surface area (Å²) < 4.78 is 0. The molecule has 0 atom stereocenters. The van der Waals surface area contributed by atoms with Crippen LogP contribution in [0.5, 0.6) is 0 Å². The molecule has 0 fully saturated rings. The first-order valence-electron chi connectivity index (χ1n) is 7.54. The molecule has 0 saturated carbocycles. The van der Waals surface area contributed by atoms with E-state index in [4.69, 9.17) is 0 Å². The second kappa shape index (κ2) is 7.54. The van der Waals surface area contributed by atoms with E-state index in [0.717, 1.165) is 21.3 Å². The molecule has 0 bridgehead atoms. The summed E-state index contributed by atoms with van der Waals surface area (Å²) in [5.74, 6) is -0.683. The van der Waals surface area contributed by atoms with E-state index in [9.17, 15) is 9.59 Å². The molecule has 0 aliphatic rings. The fraction of sp³-hybridized carbons (Fsp3) is 0.176. The summed E-state index contributed by atoms with van der Waals surface area (Å²) >= 11 is 3.01. The highest BCUT2D eigenvalue weighted by molar-refractivity contribution is 7.14. The zero-order valence-corrected chi connectivity index (χ0v) is 15.3. The number of amides is 2. The van der Waals surface area contributed by atoms with Crippen LogP contribution in [-0.4, -0.2) is 21.8 Å². The maximum atomic E-state index is 12.0. The highest BCUT2D eigenvalue weighted by Crippen LogP contribution is 2.25. The second-order valence-corrected chi connectivity index (χ2v) is 7.36. The number of benzene rings is 1. The van der Waals surface area contributed by atoms with Crippen molar-refractivity contribution < 1.29 is 9.59 Å². The van der Waals surface area contributed by atoms with Crippen molar-refractivity contribution in [3.8, 4) is 10.7 Å². The van der Waals surface area contributed by atoms with Crippen molar-refractivity contribution >= 4 is 34.5 Å². The van der Waals surface area contributed by atoms with Gasteiger partial charge in [-0.3, -0.25) is 20.4 Å². The summed E-state index contributed by atoms with van der Waals surface area (Å²) in [5.41, 5.74) is 7.84. The molecule has 8 heteroatoms. The van der Waals surface area contributed by atoms with Crippen molar-refractivity contribution in [3.63, 3.8) is 0 Å². The molecule has 2 heterocycles. The minimum Gasteiger partial charge on any atom is -0.273 e. The quantitative estimate of drug-likeness (QED) is 0.690. The third-order valence-corrected chi connectivity index (χ3v) is 5.05. The Morgan fingerprint density at radius 2 is 1.76 bits per heavy atom. The number of hydrogen-bond donors (Lipinski definition) is 2. The molecule has 128 valence electrons. The SMILES string of the molecule is Cc1ccc(C(=O)NNC(=O)Cc2csc(-c3csc(C)n3)n2)cc1. The van der Waals surface area contributed by atoms with Crippen LogP contribution in [0.25, 0.3) is 10.7 Å². The van der Waals surface area contributed by atoms with Crippen molar-refractivity contribution in [3.05, 3.63) is 56.9 Å². The monoisotopic (exact) mass is 372 g/mol. The van der Waals surface area contributed by atoms with Crippen molar-refractivity contribution in [1.29, 1.82) is 0 Å². The van der Waals surface area contributed by atoms with Crippen LogP contribution in [0.4, 0.5) is 0 Å². The number of hydrogen-bond acceptors (Lipinski definition) is 6. The first kappa shape index (κ1) is 17.2. The number of thiazole rings is 2. The Balaban J connectivity index is 1.53. The number of nitrogens with zero attached hydrogens (tertiary/aromatic N) is 2. The van der Waals surface area contributed by atoms with Gasteiger partial charge in [0.1, 0.15) is 10.7 Å². The number of aryl methyl sites for hydroxylation is 2. The minimum absolute atomic E-state index is 0.0911. The van der Waals surface area contributed by atoms with Gasteiger partial charge in [0.25, 0.3) is 5.91 Å². The summed E-state index contributed by atoms with van der Waals surface area (Å²) in [4.78, 5) is 32.7. The van der Waals surface area contributed by atoms with Crippen molar-refractivity contribution in [2.24, 2.45) is 0 Å². The lowest BCUT2D eigenvalue weighted by Crippen LogP contribution is -2.42. The minimum atomic E-state index is -0.356. The zero-order chi connectivity index (χ0) is 17.8. The van der Waals surface area contributed by atoms with Gasteiger partial charge in [-0.2, -0.15) is 0 Å². The molecule has 0 saturated heterocycles. The average Bonchev–Trinajstić information content (AvgIpc) is 3.22. The molecule has 2 amide bonds. The Morgan fingerprint density at radius 1 is 1.00 bits per heavy atom. The lowest BCUT2D eigenvalue weighted by Gasteiger charge is -2.06. The molecule has 0 aliphatic carbocycles. The molecule has 0 spiro atoms. The molecule has 25 heavy (non-hydrogen) atoms. The van der Waals surface area contributed by atoms with Gasteiger partial charge in [-0.25, -0.2) is 9.97 Å². The average molecular weight is 372 g/mol. The van der Waals surface area contributed by atoms with Gasteiger partial charge in [-0.1, -0.05) is 17.7 Å². The lowest BCUT2D eigenvalue weighted by atomic mass is 10.1. The van der Waals surface area contributed by atoms with Crippen molar-refractivity contribution in [2.45, 2.75) is 20.3 Å². The molecule has 2 N–H and O–H groups in total. The van der Waals surface area contributed by atoms with Crippen LogP contribution in [0.3, 0.4) is 0 Å². The van der Waals surface area contributed by atoms with Crippen LogP contribution >= 0.6 is 22.7 Å². The zero-order valence-electron chi connectivity index (χ0n) is 13.7. The number of nitrogens with one attached hydrogen (secondary N) is 2. The Kier molecular flexibility index (Phi) is 5.20. The van der Waals surface area contributed by atoms with E-state index >= 15 is 0 Å². The predicted molar refractivity (Wildman–Crippen MR) is 98.5 cm³/mol. The first-order valence-corrected chi connectivity index (χ1v) is 9.30. The van der Waals surface area contributed by atoms with Gasteiger partial charge < -0.3 is 0 Å². The summed E-state index contributed by atoms with van der Waals surface area (Å²) in [6.07, 6.45) is 0.0911. The molecule has 2 aromatic heterocycles. The standard InChI is InChI=1S/C17H16N4O2S2/c1-10-3-5-12(6-4-10)16(23)21-20-15(22)7-13-8-25-17(19-13)14-9-24-11(2)18-14/h3-6,8-9H,7H2,1-2H3,(H,20,22)(H,21,23). The van der Waals surface area contributed by atoms with Crippen LogP contribution in [0.1, 0.15) is 26.6 Å². The van der Waals surface area contributed by atoms with Crippen LogP contribution in [0.2, 0.25) is 0 Å². The summed E-state index contributed by atoms with van der Waals surface area (Å²) in [6.45, 7) is 3.88. The number of hydrazine groups is 1. The van der Waals surface area contributed by atoms with Crippen molar-refractivity contribution in [1.82, 2.24) is 20.8 Å². The smallest absolute Gasteiger partial charge is 0.269 e. The summed E-state index contributed by atoms with van der Waals surface area (Å²) in [7, 11) is 0. The molecule has 3 rings (SSSR count). The molecule has 3 aromatic rings. The van der Waals surface area contributed by atoms with Crippen LogP contribution in [-0.2, 0) is 11.2 Å². The largest absolute Gasteiger partial charge is 0.273 e. The first-order chi connectivity index (χ1) is 12.0. The Labute approximate surface area is 152 Å². The molecule has 0 unspecified atom stereocenters. The highest BCUT2D eigenvalue weighted by atomic mass is 32.1. The Morgan fingerprint density at radius 3 is 2.44 bits per heavy atom. The number of carbonyl (C=O) groups excluding carboxylic acids is 2. The van der Waals surface area contributed by atoms with Crippen LogP contribution in [0, 0.1) is 13.8 Å². The fourth-order valence-electron chi connectivity index (χ4n) is 2.08. The molecule has 1 aromatic carbocycles. The summed E-state index contributed by atoms with van der Waals surface area (Å²) in [5, 5.41) is 5.53. The summed E-state index contributed by atoms with van der Waals surface area (Å²) in [6, 6.07) is 7.10. The lowest BCUT2D eigenvalue weighted by molar-refractivity contribution is -0.121. The van der Waals surface area contributed by atoms with E-state index in [1.807, 2.05) is 36.7 Å². The van der Waals surface area contributed by atoms with Gasteiger partial charge >= 0.3 is 0 Å². The topological polar surface area (TPSA) is 84.0 Å². The predicted octanol–water partition coefficient (Wildman–Crippen LogP) is 2.89. The maximum Gasteiger partial charge on any atom is 0.269 e. The second-order valence-electron chi connectivity index (χ2n) is 5.44. The van der Waals surface area contributed by atoms with Gasteiger partial charge in [0.05, 0.1) is 17.1 Å². The van der Waals surface area contributed by atoms with E-state index in [2.05, 4.69) is 20.8 Å². The fourth-order valence-corrected chi connectivity index (χ4v) is 3.53. The van der Waals surface area contributed by atoms with E-state index < -0.39 is 0 Å². The van der Waals surface area contributed by atoms with E-state index in [1.54, 1.807) is 23.5 Å². The van der Waals surface area contributed by atoms with Gasteiger partial charge in [0.15, 0.2) is 0 Å². The third-order valence-electron chi connectivity index (χ3n) is 3.36. The molecular formula is C17H16N4O2S2. The van der Waals surface area contributed by atoms with Crippen molar-refractivity contribution in [2.75, 3.05) is 0 Å². The Bertz CT molecular complexity index is 900. The van der Waals surface area contributed by atoms with Gasteiger partial charge in [-0.15, -0.1) is 22.7 Å². The molecule has 6 nitrogen and oxygen atoms in total. The highest BCUT2D eigenvalue weighted by Gasteiger charge is 2.12. The maximum absolute atomic E-state index is 12.0. The number of carbonyl (C=O) groups is 2. The van der Waals surface area contributed by atoms with Gasteiger partial charge in [0.2, 0.25) is 5.91 Å². The molecular weight excluding hydrogens is 356 g/mol. The molecule has 0 aliphatic heterocycles. The van der Waals surface area contributed by atoms with Gasteiger partial charge in [0, 0.05) is 16.3 Å². The van der Waals surface area contributed by atoms with E-state index in [0.29, 0.717) is 11.3 Å². The molecule has 0 radical (unpaired) electrons. The number of rotatable bonds is 4. The van der Waals surface area contributed by atoms with E-state index in [-0.39, 0.29) is 18.2 Å². The Hall–Kier alpha value is -2.58. The van der Waals surface area contributed by atoms with E-state index in [1.165, 1.54) is 11.3 Å². The van der Waals surface area contributed by atoms with Crippen LogP contribution in [0.15, 0.2) is 35.0 Å². The number of aromatic nitrogens is 2. The third kappa shape index (κ3) is 4.49. The van der Waals surface area contributed by atoms with Crippen LogP contribution < -0.4 is 10.9 Å².